The van der Waals surface area contributed by atoms with E-state index in [9.17, 15) is 8.42 Å². The molecule has 16 heavy (non-hydrogen) atoms. The molecule has 96 valence electrons. The first-order valence-corrected chi connectivity index (χ1v) is 7.20. The van der Waals surface area contributed by atoms with E-state index in [1.165, 1.54) is 4.31 Å². The number of nitrogens with one attached hydrogen (secondary N) is 1. The number of rotatable bonds is 6. The molecule has 0 radical (unpaired) electrons. The Kier molecular flexibility index (Phi) is 5.63. The number of sulfonamides is 1. The Morgan fingerprint density at radius 1 is 1.56 bits per heavy atom. The Balaban J connectivity index is 2.57. The minimum absolute atomic E-state index is 0.0390. The fourth-order valence-corrected chi connectivity index (χ4v) is 3.28. The Labute approximate surface area is 97.2 Å². The van der Waals surface area contributed by atoms with Gasteiger partial charge in [0.15, 0.2) is 0 Å². The molecule has 1 aliphatic heterocycles. The number of nitrogens with two attached hydrogens (primary N) is 1. The fraction of sp³-hybridized carbons (Fsp3) is 1.00. The summed E-state index contributed by atoms with van der Waals surface area (Å²) in [7, 11) is -3.23. The predicted octanol–water partition coefficient (Wildman–Crippen LogP) is -1.41. The van der Waals surface area contributed by atoms with Gasteiger partial charge in [-0.05, 0) is 6.92 Å². The molecular weight excluding hydrogens is 230 g/mol. The molecule has 1 heterocycles. The summed E-state index contributed by atoms with van der Waals surface area (Å²) in [5, 5.41) is 3.14. The van der Waals surface area contributed by atoms with E-state index in [-0.39, 0.29) is 18.4 Å². The Morgan fingerprint density at radius 2 is 2.31 bits per heavy atom. The molecule has 0 bridgehead atoms. The van der Waals surface area contributed by atoms with Crippen LogP contribution < -0.4 is 11.1 Å². The maximum Gasteiger partial charge on any atom is 0.216 e. The highest BCUT2D eigenvalue weighted by Gasteiger charge is 2.30. The first-order chi connectivity index (χ1) is 7.61. The first-order valence-electron chi connectivity index (χ1n) is 5.60. The molecule has 1 unspecified atom stereocenters. The zero-order valence-electron chi connectivity index (χ0n) is 9.68. The van der Waals surface area contributed by atoms with Crippen molar-refractivity contribution in [1.29, 1.82) is 0 Å². The number of nitrogens with zero attached hydrogens (tertiary/aromatic N) is 1. The second kappa shape index (κ2) is 6.51. The number of hydrogen-bond acceptors (Lipinski definition) is 5. The predicted molar refractivity (Wildman–Crippen MR) is 62.7 cm³/mol. The molecule has 0 aromatic heterocycles. The van der Waals surface area contributed by atoms with Crippen molar-refractivity contribution in [3.8, 4) is 0 Å². The highest BCUT2D eigenvalue weighted by atomic mass is 32.2. The minimum atomic E-state index is -3.23. The van der Waals surface area contributed by atoms with E-state index in [0.29, 0.717) is 32.8 Å². The number of ether oxygens (including phenoxy) is 1. The molecule has 0 aliphatic carbocycles. The first kappa shape index (κ1) is 13.9. The van der Waals surface area contributed by atoms with E-state index in [1.807, 2.05) is 6.92 Å². The minimum Gasteiger partial charge on any atom is -0.381 e. The number of hydrogen-bond donors (Lipinski definition) is 2. The van der Waals surface area contributed by atoms with Gasteiger partial charge in [0.1, 0.15) is 0 Å². The van der Waals surface area contributed by atoms with Gasteiger partial charge in [-0.1, -0.05) is 0 Å². The van der Waals surface area contributed by atoms with Crippen molar-refractivity contribution in [3.05, 3.63) is 0 Å². The van der Waals surface area contributed by atoms with Gasteiger partial charge < -0.3 is 15.8 Å². The van der Waals surface area contributed by atoms with E-state index in [4.69, 9.17) is 10.5 Å². The summed E-state index contributed by atoms with van der Waals surface area (Å²) in [6.07, 6.45) is 0. The second-order valence-electron chi connectivity index (χ2n) is 3.72. The van der Waals surface area contributed by atoms with E-state index in [1.54, 1.807) is 0 Å². The van der Waals surface area contributed by atoms with Gasteiger partial charge in [-0.2, -0.15) is 4.31 Å². The van der Waals surface area contributed by atoms with Gasteiger partial charge in [-0.15, -0.1) is 0 Å². The molecule has 0 amide bonds. The van der Waals surface area contributed by atoms with Gasteiger partial charge in [-0.3, -0.25) is 0 Å². The second-order valence-corrected chi connectivity index (χ2v) is 5.76. The molecule has 7 heteroatoms. The van der Waals surface area contributed by atoms with Crippen LogP contribution in [0.15, 0.2) is 0 Å². The molecule has 6 nitrogen and oxygen atoms in total. The topological polar surface area (TPSA) is 84.7 Å². The standard InChI is InChI=1S/C9H21N3O3S/c1-2-15-5-6-16(13,14)12-4-3-11-8-9(12)7-10/h9,11H,2-8,10H2,1H3. The highest BCUT2D eigenvalue weighted by molar-refractivity contribution is 7.89. The van der Waals surface area contributed by atoms with Crippen molar-refractivity contribution in [3.63, 3.8) is 0 Å². The lowest BCUT2D eigenvalue weighted by Gasteiger charge is -2.34. The third-order valence-electron chi connectivity index (χ3n) is 2.62. The molecule has 0 aromatic carbocycles. The van der Waals surface area contributed by atoms with Gasteiger partial charge in [0.25, 0.3) is 0 Å². The Bertz CT molecular complexity index is 294. The van der Waals surface area contributed by atoms with Crippen LogP contribution in [0.5, 0.6) is 0 Å². The molecule has 1 saturated heterocycles. The van der Waals surface area contributed by atoms with E-state index >= 15 is 0 Å². The largest absolute Gasteiger partial charge is 0.381 e. The molecule has 0 saturated carbocycles. The lowest BCUT2D eigenvalue weighted by molar-refractivity contribution is 0.161. The van der Waals surface area contributed by atoms with E-state index < -0.39 is 10.0 Å². The third-order valence-corrected chi connectivity index (χ3v) is 4.49. The third kappa shape index (κ3) is 3.67. The molecule has 1 rings (SSSR count). The number of piperazine rings is 1. The van der Waals surface area contributed by atoms with Crippen LogP contribution in [0, 0.1) is 0 Å². The lowest BCUT2D eigenvalue weighted by atomic mass is 10.2. The van der Waals surface area contributed by atoms with Crippen LogP contribution >= 0.6 is 0 Å². The Hall–Kier alpha value is -0.210. The average molecular weight is 251 g/mol. The molecule has 0 aromatic rings. The van der Waals surface area contributed by atoms with E-state index in [0.717, 1.165) is 0 Å². The fourth-order valence-electron chi connectivity index (χ4n) is 1.74. The van der Waals surface area contributed by atoms with Crippen LogP contribution in [0.25, 0.3) is 0 Å². The van der Waals surface area contributed by atoms with Gasteiger partial charge in [0.2, 0.25) is 10.0 Å². The quantitative estimate of drug-likeness (QED) is 0.566. The summed E-state index contributed by atoms with van der Waals surface area (Å²) in [6.45, 7) is 4.80. The van der Waals surface area contributed by atoms with Crippen LogP contribution in [0.4, 0.5) is 0 Å². The van der Waals surface area contributed by atoms with Gasteiger partial charge in [-0.25, -0.2) is 8.42 Å². The summed E-state index contributed by atoms with van der Waals surface area (Å²) < 4.78 is 30.6. The van der Waals surface area contributed by atoms with E-state index in [2.05, 4.69) is 5.32 Å². The van der Waals surface area contributed by atoms with Crippen molar-refractivity contribution in [2.45, 2.75) is 13.0 Å². The summed E-state index contributed by atoms with van der Waals surface area (Å²) in [4.78, 5) is 0. The smallest absolute Gasteiger partial charge is 0.216 e. The van der Waals surface area contributed by atoms with Crippen LogP contribution in [0.2, 0.25) is 0 Å². The molecule has 1 fully saturated rings. The zero-order valence-corrected chi connectivity index (χ0v) is 10.5. The van der Waals surface area contributed by atoms with Crippen LogP contribution in [0.1, 0.15) is 6.92 Å². The molecule has 1 aliphatic rings. The normalized spacial score (nSPS) is 23.5. The van der Waals surface area contributed by atoms with Crippen LogP contribution in [-0.4, -0.2) is 63.9 Å². The monoisotopic (exact) mass is 251 g/mol. The molecule has 1 atom stereocenters. The maximum absolute atomic E-state index is 12.0. The summed E-state index contributed by atoms with van der Waals surface area (Å²) >= 11 is 0. The molecule has 3 N–H and O–H groups in total. The van der Waals surface area contributed by atoms with Crippen molar-refractivity contribution >= 4 is 10.0 Å². The van der Waals surface area contributed by atoms with Crippen LogP contribution in [0.3, 0.4) is 0 Å². The van der Waals surface area contributed by atoms with Gasteiger partial charge >= 0.3 is 0 Å². The van der Waals surface area contributed by atoms with Crippen molar-refractivity contribution in [2.24, 2.45) is 5.73 Å². The highest BCUT2D eigenvalue weighted by Crippen LogP contribution is 2.09. The molecular formula is C9H21N3O3S. The zero-order chi connectivity index (χ0) is 12.0. The Morgan fingerprint density at radius 3 is 2.94 bits per heavy atom. The van der Waals surface area contributed by atoms with Gasteiger partial charge in [0.05, 0.1) is 12.4 Å². The van der Waals surface area contributed by atoms with Crippen molar-refractivity contribution in [1.82, 2.24) is 9.62 Å². The molecule has 0 spiro atoms. The maximum atomic E-state index is 12.0. The van der Waals surface area contributed by atoms with Crippen LogP contribution in [-0.2, 0) is 14.8 Å². The summed E-state index contributed by atoms with van der Waals surface area (Å²) in [6, 6.07) is -0.125. The summed E-state index contributed by atoms with van der Waals surface area (Å²) in [5.41, 5.74) is 5.57. The van der Waals surface area contributed by atoms with Crippen molar-refractivity contribution < 1.29 is 13.2 Å². The lowest BCUT2D eigenvalue weighted by Crippen LogP contribution is -2.57. The average Bonchev–Trinajstić information content (AvgIpc) is 2.29. The van der Waals surface area contributed by atoms with Gasteiger partial charge in [0, 0.05) is 38.8 Å². The summed E-state index contributed by atoms with van der Waals surface area (Å²) in [5.74, 6) is 0.0390. The van der Waals surface area contributed by atoms with Crippen molar-refractivity contribution in [2.75, 3.05) is 45.1 Å². The SMILES string of the molecule is CCOCCS(=O)(=O)N1CCNCC1CN.